The predicted molar refractivity (Wildman–Crippen MR) is 43.6 cm³/mol. The maximum absolute atomic E-state index is 12.7. The van der Waals surface area contributed by atoms with Crippen molar-refractivity contribution in [3.63, 3.8) is 0 Å². The summed E-state index contributed by atoms with van der Waals surface area (Å²) in [7, 11) is 0. The fraction of sp³-hybridized carbons (Fsp3) is 0. The van der Waals surface area contributed by atoms with Crippen LogP contribution in [-0.2, 0) is 3.74 Å². The van der Waals surface area contributed by atoms with Crippen molar-refractivity contribution in [2.24, 2.45) is 0 Å². The van der Waals surface area contributed by atoms with Crippen molar-refractivity contribution in [3.05, 3.63) is 34.1 Å². The average molecular weight is 265 g/mol. The molecule has 0 radical (unpaired) electrons. The topological polar surface area (TPSA) is 101 Å². The number of nitrogens with zero attached hydrogens (tertiary/aromatic N) is 1. The van der Waals surface area contributed by atoms with E-state index in [4.69, 9.17) is 8.19 Å². The Bertz CT molecular complexity index is 428. The van der Waals surface area contributed by atoms with Crippen LogP contribution in [0.2, 0.25) is 0 Å². The van der Waals surface area contributed by atoms with Gasteiger partial charge in [-0.15, -0.1) is 0 Å². The van der Waals surface area contributed by atoms with Gasteiger partial charge in [0.15, 0.2) is 0 Å². The third-order valence-corrected chi connectivity index (χ3v) is 3.46. The van der Waals surface area contributed by atoms with E-state index in [1.54, 1.807) is 0 Å². The zero-order valence-corrected chi connectivity index (χ0v) is 8.50. The number of hydrogen-bond donors (Lipinski definition) is 2. The Hall–Kier alpha value is -1.17. The monoisotopic (exact) mass is 265 g/mol. The SMILES string of the molecule is O=[N+]([O-])c1cc([As](=O)(O)O)ccc1F. The van der Waals surface area contributed by atoms with Crippen LogP contribution in [0.3, 0.4) is 0 Å². The number of benzene rings is 1. The first-order valence-corrected chi connectivity index (χ1v) is 6.70. The summed E-state index contributed by atoms with van der Waals surface area (Å²) in [5.41, 5.74) is -0.938. The van der Waals surface area contributed by atoms with E-state index in [-0.39, 0.29) is 0 Å². The van der Waals surface area contributed by atoms with Gasteiger partial charge < -0.3 is 0 Å². The Labute approximate surface area is 80.1 Å². The van der Waals surface area contributed by atoms with Crippen LogP contribution in [0.5, 0.6) is 0 Å². The quantitative estimate of drug-likeness (QED) is 0.418. The molecule has 1 aromatic rings. The van der Waals surface area contributed by atoms with Gasteiger partial charge in [0.05, 0.1) is 0 Å². The normalized spacial score (nSPS) is 11.4. The molecule has 0 amide bonds. The van der Waals surface area contributed by atoms with Gasteiger partial charge in [-0.3, -0.25) is 0 Å². The summed E-state index contributed by atoms with van der Waals surface area (Å²) >= 11 is -5.19. The summed E-state index contributed by atoms with van der Waals surface area (Å²) in [6, 6.07) is 2.05. The second-order valence-electron chi connectivity index (χ2n) is 2.44. The van der Waals surface area contributed by atoms with Gasteiger partial charge in [-0.1, -0.05) is 0 Å². The Morgan fingerprint density at radius 1 is 1.43 bits per heavy atom. The van der Waals surface area contributed by atoms with Gasteiger partial charge in [-0.2, -0.15) is 0 Å². The van der Waals surface area contributed by atoms with Crippen molar-refractivity contribution in [2.45, 2.75) is 0 Å². The van der Waals surface area contributed by atoms with Gasteiger partial charge in [0.25, 0.3) is 0 Å². The van der Waals surface area contributed by atoms with Crippen molar-refractivity contribution >= 4 is 24.2 Å². The summed E-state index contributed by atoms with van der Waals surface area (Å²) < 4.78 is 40.4. The first kappa shape index (κ1) is 10.9. The second-order valence-corrected chi connectivity index (χ2v) is 5.80. The molecule has 0 aromatic heterocycles. The molecule has 8 heteroatoms. The van der Waals surface area contributed by atoms with Crippen LogP contribution in [0.1, 0.15) is 0 Å². The van der Waals surface area contributed by atoms with Crippen LogP contribution in [0.25, 0.3) is 0 Å². The maximum atomic E-state index is 12.7. The minimum atomic E-state index is -5.19. The van der Waals surface area contributed by atoms with E-state index in [1.165, 1.54) is 0 Å². The zero-order chi connectivity index (χ0) is 10.9. The summed E-state index contributed by atoms with van der Waals surface area (Å²) in [6.07, 6.45) is 0. The molecule has 1 rings (SSSR count). The Morgan fingerprint density at radius 2 is 2.00 bits per heavy atom. The molecule has 14 heavy (non-hydrogen) atoms. The number of hydrogen-bond acceptors (Lipinski definition) is 3. The molecule has 0 saturated heterocycles. The van der Waals surface area contributed by atoms with E-state index in [0.717, 1.165) is 6.07 Å². The van der Waals surface area contributed by atoms with Crippen molar-refractivity contribution in [3.8, 4) is 0 Å². The molecule has 0 fully saturated rings. The summed E-state index contributed by atoms with van der Waals surface area (Å²) in [4.78, 5) is 9.18. The second kappa shape index (κ2) is 3.53. The fourth-order valence-corrected chi connectivity index (χ4v) is 2.00. The van der Waals surface area contributed by atoms with Crippen molar-refractivity contribution in [1.29, 1.82) is 0 Å². The van der Waals surface area contributed by atoms with Crippen LogP contribution in [0, 0.1) is 15.9 Å². The molecule has 0 aliphatic carbocycles. The predicted octanol–water partition coefficient (Wildman–Crippen LogP) is -0.705. The molecule has 0 bridgehead atoms. The van der Waals surface area contributed by atoms with E-state index in [1.807, 2.05) is 0 Å². The van der Waals surface area contributed by atoms with Crippen LogP contribution in [0.4, 0.5) is 10.1 Å². The van der Waals surface area contributed by atoms with Crippen LogP contribution >= 0.6 is 0 Å². The van der Waals surface area contributed by atoms with E-state index < -0.39 is 35.0 Å². The van der Waals surface area contributed by atoms with E-state index in [0.29, 0.717) is 12.1 Å². The molecule has 0 atom stereocenters. The molecule has 0 unspecified atom stereocenters. The van der Waals surface area contributed by atoms with Gasteiger partial charge in [0.1, 0.15) is 0 Å². The number of halogens is 1. The number of nitro groups is 1. The number of rotatable bonds is 2. The van der Waals surface area contributed by atoms with Gasteiger partial charge >= 0.3 is 79.6 Å². The van der Waals surface area contributed by atoms with Crippen molar-refractivity contribution in [1.82, 2.24) is 0 Å². The fourth-order valence-electron chi connectivity index (χ4n) is 0.822. The molecule has 2 N–H and O–H groups in total. The number of nitro benzene ring substituents is 1. The first-order chi connectivity index (χ1) is 6.32. The molecular formula is C6H5AsFNO5. The summed E-state index contributed by atoms with van der Waals surface area (Å²) in [5, 5.41) is 10.2. The molecule has 0 heterocycles. The summed E-state index contributed by atoms with van der Waals surface area (Å²) in [5.74, 6) is -1.12. The molecule has 0 saturated carbocycles. The van der Waals surface area contributed by atoms with Crippen molar-refractivity contribution in [2.75, 3.05) is 0 Å². The molecule has 1 aromatic carbocycles. The van der Waals surface area contributed by atoms with Gasteiger partial charge in [0.2, 0.25) is 0 Å². The van der Waals surface area contributed by atoms with E-state index >= 15 is 0 Å². The molecule has 0 aliphatic heterocycles. The van der Waals surface area contributed by atoms with Gasteiger partial charge in [0, 0.05) is 0 Å². The summed E-state index contributed by atoms with van der Waals surface area (Å²) in [6.45, 7) is 0. The molecule has 0 aliphatic rings. The zero-order valence-electron chi connectivity index (χ0n) is 6.62. The van der Waals surface area contributed by atoms with Gasteiger partial charge in [-0.25, -0.2) is 0 Å². The van der Waals surface area contributed by atoms with E-state index in [9.17, 15) is 18.2 Å². The minimum absolute atomic E-state index is 0.517. The van der Waals surface area contributed by atoms with E-state index in [2.05, 4.69) is 0 Å². The van der Waals surface area contributed by atoms with Crippen LogP contribution in [-0.4, -0.2) is 27.3 Å². The molecule has 0 spiro atoms. The molecular weight excluding hydrogens is 260 g/mol. The Kier molecular flexibility index (Phi) is 2.75. The third-order valence-electron chi connectivity index (χ3n) is 1.46. The first-order valence-electron chi connectivity index (χ1n) is 3.32. The van der Waals surface area contributed by atoms with Crippen molar-refractivity contribution < 1.29 is 21.2 Å². The Balaban J connectivity index is 3.34. The standard InChI is InChI=1S/C6H5AsFNO5/c8-5-2-1-4(7(10,11)12)3-6(5)9(13)14/h1-3H,(H2,10,11,12). The molecule has 76 valence electrons. The molecule has 6 nitrogen and oxygen atoms in total. The Morgan fingerprint density at radius 3 is 2.43 bits per heavy atom. The van der Waals surface area contributed by atoms with Crippen LogP contribution < -0.4 is 4.35 Å². The average Bonchev–Trinajstić information content (AvgIpc) is 2.02. The van der Waals surface area contributed by atoms with Gasteiger partial charge in [-0.05, 0) is 0 Å². The van der Waals surface area contributed by atoms with Crippen LogP contribution in [0.15, 0.2) is 18.2 Å². The third kappa shape index (κ3) is 2.20.